The van der Waals surface area contributed by atoms with Crippen molar-refractivity contribution in [3.63, 3.8) is 0 Å². The maximum Gasteiger partial charge on any atom is 0.417 e. The first-order valence-electron chi connectivity index (χ1n) is 7.91. The van der Waals surface area contributed by atoms with Crippen LogP contribution in [0.3, 0.4) is 0 Å². The van der Waals surface area contributed by atoms with Crippen molar-refractivity contribution in [2.45, 2.75) is 19.6 Å². The average Bonchev–Trinajstić information content (AvgIpc) is 3.03. The van der Waals surface area contributed by atoms with E-state index in [1.807, 2.05) is 0 Å². The van der Waals surface area contributed by atoms with E-state index < -0.39 is 17.6 Å². The van der Waals surface area contributed by atoms with Gasteiger partial charge in [-0.25, -0.2) is 0 Å². The van der Waals surface area contributed by atoms with Gasteiger partial charge in [0.05, 0.1) is 29.3 Å². The number of amides is 1. The number of benzene rings is 1. The molecule has 0 aliphatic heterocycles. The number of hydrogen-bond acceptors (Lipinski definition) is 4. The van der Waals surface area contributed by atoms with Crippen LogP contribution < -0.4 is 10.1 Å². The zero-order valence-corrected chi connectivity index (χ0v) is 14.8. The van der Waals surface area contributed by atoms with Gasteiger partial charge in [-0.2, -0.15) is 13.2 Å². The fourth-order valence-corrected chi connectivity index (χ4v) is 2.71. The highest BCUT2D eigenvalue weighted by Gasteiger charge is 2.32. The van der Waals surface area contributed by atoms with E-state index in [1.54, 1.807) is 31.2 Å². The van der Waals surface area contributed by atoms with Crippen molar-refractivity contribution >= 4 is 23.2 Å². The van der Waals surface area contributed by atoms with Crippen LogP contribution in [0.15, 0.2) is 36.5 Å². The van der Waals surface area contributed by atoms with Gasteiger partial charge in [-0.15, -0.1) is 10.2 Å². The molecule has 0 fully saturated rings. The highest BCUT2D eigenvalue weighted by atomic mass is 35.5. The number of carbonyl (C=O) groups excluding carboxylic acids is 1. The molecular weight excluding hydrogens is 385 g/mol. The summed E-state index contributed by atoms with van der Waals surface area (Å²) in [5.41, 5.74) is -0.556. The number of hydrogen-bond donors (Lipinski definition) is 1. The van der Waals surface area contributed by atoms with Gasteiger partial charge in [-0.05, 0) is 25.1 Å². The Morgan fingerprint density at radius 3 is 2.74 bits per heavy atom. The number of fused-ring (bicyclic) bond motifs is 1. The van der Waals surface area contributed by atoms with Gasteiger partial charge in [0.1, 0.15) is 5.75 Å². The molecule has 2 heterocycles. The first-order valence-corrected chi connectivity index (χ1v) is 8.29. The third kappa shape index (κ3) is 3.97. The number of para-hydroxylation sites is 1. The number of aromatic nitrogens is 3. The lowest BCUT2D eigenvalue weighted by atomic mass is 10.2. The smallest absolute Gasteiger partial charge is 0.417 e. The molecule has 3 rings (SSSR count). The minimum Gasteiger partial charge on any atom is -0.493 e. The normalized spacial score (nSPS) is 11.6. The summed E-state index contributed by atoms with van der Waals surface area (Å²) in [4.78, 5) is 12.4. The van der Waals surface area contributed by atoms with E-state index >= 15 is 0 Å². The molecular formula is C17H14ClF3N4O2. The van der Waals surface area contributed by atoms with E-state index in [4.69, 9.17) is 16.3 Å². The van der Waals surface area contributed by atoms with Gasteiger partial charge in [0.15, 0.2) is 11.5 Å². The molecule has 0 spiro atoms. The van der Waals surface area contributed by atoms with Crippen LogP contribution in [0.2, 0.25) is 5.02 Å². The fraction of sp³-hybridized carbons (Fsp3) is 0.235. The quantitative estimate of drug-likeness (QED) is 0.711. The largest absolute Gasteiger partial charge is 0.493 e. The monoisotopic (exact) mass is 398 g/mol. The summed E-state index contributed by atoms with van der Waals surface area (Å²) in [5, 5.41) is 10.0. The minimum atomic E-state index is -4.57. The lowest BCUT2D eigenvalue weighted by molar-refractivity contribution is -0.137. The van der Waals surface area contributed by atoms with Gasteiger partial charge >= 0.3 is 6.18 Å². The van der Waals surface area contributed by atoms with Gasteiger partial charge in [-0.3, -0.25) is 9.20 Å². The predicted octanol–water partition coefficient (Wildman–Crippen LogP) is 3.73. The Kier molecular flexibility index (Phi) is 5.22. The molecule has 0 aliphatic carbocycles. The highest BCUT2D eigenvalue weighted by Crippen LogP contribution is 2.32. The van der Waals surface area contributed by atoms with Gasteiger partial charge in [0.2, 0.25) is 0 Å². The fourth-order valence-electron chi connectivity index (χ4n) is 2.47. The molecule has 0 atom stereocenters. The van der Waals surface area contributed by atoms with E-state index in [1.165, 1.54) is 0 Å². The topological polar surface area (TPSA) is 68.5 Å². The Labute approximate surface area is 156 Å². The molecule has 0 saturated carbocycles. The summed E-state index contributed by atoms with van der Waals surface area (Å²) in [7, 11) is 0. The Balaban J connectivity index is 1.85. The molecule has 0 aliphatic rings. The summed E-state index contributed by atoms with van der Waals surface area (Å²) in [6, 6.07) is 7.43. The molecule has 0 saturated heterocycles. The van der Waals surface area contributed by atoms with Crippen molar-refractivity contribution < 1.29 is 22.7 Å². The van der Waals surface area contributed by atoms with Crippen molar-refractivity contribution in [2.75, 3.05) is 6.61 Å². The maximum atomic E-state index is 13.0. The molecule has 0 unspecified atom stereocenters. The summed E-state index contributed by atoms with van der Waals surface area (Å²) in [6.07, 6.45) is -3.73. The second kappa shape index (κ2) is 7.43. The molecule has 1 amide bonds. The molecule has 0 radical (unpaired) electrons. The number of nitrogens with zero attached hydrogens (tertiary/aromatic N) is 3. The lowest BCUT2D eigenvalue weighted by Crippen LogP contribution is -2.24. The number of ether oxygens (including phenoxy) is 1. The Morgan fingerprint density at radius 1 is 1.30 bits per heavy atom. The number of pyridine rings is 1. The Morgan fingerprint density at radius 2 is 2.04 bits per heavy atom. The van der Waals surface area contributed by atoms with Gasteiger partial charge in [0.25, 0.3) is 5.91 Å². The van der Waals surface area contributed by atoms with E-state index in [0.717, 1.165) is 16.7 Å². The zero-order valence-electron chi connectivity index (χ0n) is 14.0. The van der Waals surface area contributed by atoms with Crippen LogP contribution in [0.5, 0.6) is 5.75 Å². The van der Waals surface area contributed by atoms with Crippen LogP contribution in [0.25, 0.3) is 5.65 Å². The van der Waals surface area contributed by atoms with Crippen molar-refractivity contribution in [3.05, 3.63) is 58.5 Å². The lowest BCUT2D eigenvalue weighted by Gasteiger charge is -2.11. The summed E-state index contributed by atoms with van der Waals surface area (Å²) in [6.45, 7) is 2.04. The van der Waals surface area contributed by atoms with Crippen LogP contribution in [0.4, 0.5) is 13.2 Å². The van der Waals surface area contributed by atoms with E-state index in [0.29, 0.717) is 17.9 Å². The standard InChI is InChI=1S/C17H14ClF3N4O2/c1-2-27-13-6-4-3-5-11(13)16(26)22-8-14-23-24-15-12(18)7-10(9-25(14)15)17(19,20)21/h3-7,9H,2,8H2,1H3,(H,22,26). The third-order valence-corrected chi connectivity index (χ3v) is 3.97. The Hall–Kier alpha value is -2.81. The SMILES string of the molecule is CCOc1ccccc1C(=O)NCc1nnc2c(Cl)cc(C(F)(F)F)cn12. The van der Waals surface area contributed by atoms with E-state index in [-0.39, 0.29) is 23.0 Å². The maximum absolute atomic E-state index is 13.0. The van der Waals surface area contributed by atoms with Crippen LogP contribution in [0.1, 0.15) is 28.7 Å². The molecule has 2 aromatic heterocycles. The first-order chi connectivity index (χ1) is 12.8. The molecule has 1 N–H and O–H groups in total. The zero-order chi connectivity index (χ0) is 19.6. The molecule has 1 aromatic carbocycles. The number of alkyl halides is 3. The summed E-state index contributed by atoms with van der Waals surface area (Å²) >= 11 is 5.87. The average molecular weight is 399 g/mol. The third-order valence-electron chi connectivity index (χ3n) is 3.70. The molecule has 10 heteroatoms. The molecule has 6 nitrogen and oxygen atoms in total. The first kappa shape index (κ1) is 19.0. The van der Waals surface area contributed by atoms with Gasteiger partial charge in [0, 0.05) is 6.20 Å². The minimum absolute atomic E-state index is 0.0728. The molecule has 3 aromatic rings. The number of halogens is 4. The van der Waals surface area contributed by atoms with Gasteiger partial charge < -0.3 is 10.1 Å². The second-order valence-corrected chi connectivity index (χ2v) is 5.90. The molecule has 0 bridgehead atoms. The van der Waals surface area contributed by atoms with Crippen molar-refractivity contribution in [3.8, 4) is 5.75 Å². The second-order valence-electron chi connectivity index (χ2n) is 5.50. The highest BCUT2D eigenvalue weighted by molar-refractivity contribution is 6.33. The van der Waals surface area contributed by atoms with Crippen LogP contribution in [-0.4, -0.2) is 27.1 Å². The number of nitrogens with one attached hydrogen (secondary N) is 1. The number of carbonyl (C=O) groups is 1. The van der Waals surface area contributed by atoms with Crippen molar-refractivity contribution in [1.82, 2.24) is 19.9 Å². The predicted molar refractivity (Wildman–Crippen MR) is 91.8 cm³/mol. The Bertz CT molecular complexity index is 988. The molecule has 142 valence electrons. The van der Waals surface area contributed by atoms with Crippen molar-refractivity contribution in [1.29, 1.82) is 0 Å². The van der Waals surface area contributed by atoms with Crippen LogP contribution in [0, 0.1) is 0 Å². The van der Waals surface area contributed by atoms with E-state index in [2.05, 4.69) is 15.5 Å². The van der Waals surface area contributed by atoms with Crippen LogP contribution >= 0.6 is 11.6 Å². The van der Waals surface area contributed by atoms with Crippen LogP contribution in [-0.2, 0) is 12.7 Å². The van der Waals surface area contributed by atoms with Gasteiger partial charge in [-0.1, -0.05) is 23.7 Å². The van der Waals surface area contributed by atoms with E-state index in [9.17, 15) is 18.0 Å². The number of rotatable bonds is 5. The molecule has 27 heavy (non-hydrogen) atoms. The summed E-state index contributed by atoms with van der Waals surface area (Å²) < 4.78 is 45.5. The van der Waals surface area contributed by atoms with Crippen molar-refractivity contribution in [2.24, 2.45) is 0 Å². The summed E-state index contributed by atoms with van der Waals surface area (Å²) in [5.74, 6) is 0.0696.